The van der Waals surface area contributed by atoms with Crippen LogP contribution in [-0.2, 0) is 6.42 Å². The summed E-state index contributed by atoms with van der Waals surface area (Å²) in [4.78, 5) is 11.6. The van der Waals surface area contributed by atoms with Gasteiger partial charge >= 0.3 is 0 Å². The second-order valence-corrected chi connectivity index (χ2v) is 7.29. The van der Waals surface area contributed by atoms with E-state index in [1.54, 1.807) is 22.6 Å². The zero-order valence-electron chi connectivity index (χ0n) is 14.7. The molecular formula is C21H20N4S. The second-order valence-electron chi connectivity index (χ2n) is 6.14. The van der Waals surface area contributed by atoms with Crippen molar-refractivity contribution in [2.45, 2.75) is 36.0 Å². The molecular weight excluding hydrogens is 340 g/mol. The zero-order chi connectivity index (χ0) is 17.8. The molecule has 0 N–H and O–H groups in total. The van der Waals surface area contributed by atoms with Crippen molar-refractivity contribution in [3.05, 3.63) is 72.9 Å². The van der Waals surface area contributed by atoms with E-state index in [0.29, 0.717) is 0 Å². The van der Waals surface area contributed by atoms with Crippen LogP contribution in [0.2, 0.25) is 0 Å². The van der Waals surface area contributed by atoms with Crippen LogP contribution in [0.25, 0.3) is 16.8 Å². The summed E-state index contributed by atoms with van der Waals surface area (Å²) >= 11 is 1.76. The third kappa shape index (κ3) is 3.63. The molecule has 2 aromatic heterocycles. The lowest BCUT2D eigenvalue weighted by molar-refractivity contribution is 0.738. The lowest BCUT2D eigenvalue weighted by Crippen LogP contribution is -2.00. The van der Waals surface area contributed by atoms with Crippen molar-refractivity contribution < 1.29 is 0 Å². The molecule has 5 heteroatoms. The van der Waals surface area contributed by atoms with Crippen LogP contribution in [0, 0.1) is 0 Å². The van der Waals surface area contributed by atoms with E-state index in [1.165, 1.54) is 9.79 Å². The Balaban J connectivity index is 1.60. The largest absolute Gasteiger partial charge is 0.221 e. The molecule has 26 heavy (non-hydrogen) atoms. The number of hydrogen-bond donors (Lipinski definition) is 0. The maximum Gasteiger partial charge on any atom is 0.166 e. The van der Waals surface area contributed by atoms with Gasteiger partial charge in [0.05, 0.1) is 6.20 Å². The first kappa shape index (κ1) is 16.8. The Bertz CT molecular complexity index is 994. The topological polar surface area (TPSA) is 43.1 Å². The van der Waals surface area contributed by atoms with E-state index in [-0.39, 0.29) is 0 Å². The van der Waals surface area contributed by atoms with E-state index in [9.17, 15) is 0 Å². The first-order chi connectivity index (χ1) is 12.8. The average molecular weight is 360 g/mol. The molecule has 0 unspecified atom stereocenters. The van der Waals surface area contributed by atoms with E-state index in [4.69, 9.17) is 4.98 Å². The van der Waals surface area contributed by atoms with Crippen LogP contribution in [0.3, 0.4) is 0 Å². The summed E-state index contributed by atoms with van der Waals surface area (Å²) in [5.74, 6) is 0.886. The second kappa shape index (κ2) is 7.70. The van der Waals surface area contributed by atoms with E-state index in [1.807, 2.05) is 12.3 Å². The zero-order valence-corrected chi connectivity index (χ0v) is 15.5. The fourth-order valence-electron chi connectivity index (χ4n) is 2.81. The number of aryl methyl sites for hydroxylation is 1. The highest BCUT2D eigenvalue weighted by atomic mass is 32.2. The van der Waals surface area contributed by atoms with E-state index < -0.39 is 0 Å². The molecule has 0 aliphatic carbocycles. The van der Waals surface area contributed by atoms with Gasteiger partial charge in [0.15, 0.2) is 5.65 Å². The third-order valence-electron chi connectivity index (χ3n) is 4.22. The van der Waals surface area contributed by atoms with Gasteiger partial charge in [-0.05, 0) is 36.2 Å². The lowest BCUT2D eigenvalue weighted by atomic mass is 10.1. The number of rotatable bonds is 6. The maximum absolute atomic E-state index is 4.72. The molecule has 0 saturated heterocycles. The van der Waals surface area contributed by atoms with Crippen molar-refractivity contribution in [3.8, 4) is 11.1 Å². The van der Waals surface area contributed by atoms with Crippen LogP contribution in [-0.4, -0.2) is 19.6 Å². The molecule has 4 nitrogen and oxygen atoms in total. The molecule has 0 bridgehead atoms. The first-order valence-electron chi connectivity index (χ1n) is 8.86. The van der Waals surface area contributed by atoms with Gasteiger partial charge in [-0.1, -0.05) is 55.4 Å². The van der Waals surface area contributed by atoms with Crippen molar-refractivity contribution in [1.82, 2.24) is 19.6 Å². The summed E-state index contributed by atoms with van der Waals surface area (Å²) in [6.45, 7) is 2.18. The smallest absolute Gasteiger partial charge is 0.166 e. The van der Waals surface area contributed by atoms with E-state index in [2.05, 4.69) is 65.5 Å². The Morgan fingerprint density at radius 1 is 0.962 bits per heavy atom. The van der Waals surface area contributed by atoms with Gasteiger partial charge in [0, 0.05) is 21.8 Å². The summed E-state index contributed by atoms with van der Waals surface area (Å²) in [6, 6.07) is 19.0. The molecule has 2 aromatic carbocycles. The maximum atomic E-state index is 4.72. The van der Waals surface area contributed by atoms with Crippen LogP contribution in [0.1, 0.15) is 25.6 Å². The summed E-state index contributed by atoms with van der Waals surface area (Å²) in [5.41, 5.74) is 3.04. The van der Waals surface area contributed by atoms with Gasteiger partial charge in [-0.15, -0.1) is 0 Å². The van der Waals surface area contributed by atoms with Crippen molar-refractivity contribution in [2.24, 2.45) is 0 Å². The molecule has 0 fully saturated rings. The Morgan fingerprint density at radius 3 is 2.50 bits per heavy atom. The first-order valence-corrected chi connectivity index (χ1v) is 9.68. The van der Waals surface area contributed by atoms with Crippen molar-refractivity contribution in [3.63, 3.8) is 0 Å². The van der Waals surface area contributed by atoms with Crippen LogP contribution in [0.15, 0.2) is 76.9 Å². The van der Waals surface area contributed by atoms with Gasteiger partial charge in [0.25, 0.3) is 0 Å². The minimum absolute atomic E-state index is 0.870. The molecule has 130 valence electrons. The summed E-state index contributed by atoms with van der Waals surface area (Å²) < 4.78 is 1.75. The predicted molar refractivity (Wildman–Crippen MR) is 105 cm³/mol. The highest BCUT2D eigenvalue weighted by Crippen LogP contribution is 2.30. The summed E-state index contributed by atoms with van der Waals surface area (Å²) in [7, 11) is 0. The number of hydrogen-bond acceptors (Lipinski definition) is 4. The van der Waals surface area contributed by atoms with Crippen molar-refractivity contribution in [1.29, 1.82) is 0 Å². The molecule has 4 aromatic rings. The van der Waals surface area contributed by atoms with E-state index >= 15 is 0 Å². The van der Waals surface area contributed by atoms with Gasteiger partial charge < -0.3 is 0 Å². The molecule has 2 heterocycles. The number of aromatic nitrogens is 4. The Labute approximate surface area is 157 Å². The summed E-state index contributed by atoms with van der Waals surface area (Å²) in [5, 5.41) is 4.39. The Kier molecular flexibility index (Phi) is 4.97. The Morgan fingerprint density at radius 2 is 1.73 bits per heavy atom. The van der Waals surface area contributed by atoms with Crippen LogP contribution >= 0.6 is 11.8 Å². The van der Waals surface area contributed by atoms with E-state index in [0.717, 1.165) is 41.9 Å². The predicted octanol–water partition coefficient (Wildman–Crippen LogP) is 5.29. The van der Waals surface area contributed by atoms with Crippen LogP contribution in [0.4, 0.5) is 0 Å². The molecule has 4 rings (SSSR count). The number of unbranched alkanes of at least 4 members (excludes halogenated alkanes) is 1. The standard InChI is InChI=1S/C21H20N4S/c1-2-3-9-20-22-15-25-21(24-20)19(14-23-25)16-10-12-18(13-11-16)26-17-7-5-4-6-8-17/h4-8,10-15H,2-3,9H2,1H3. The fourth-order valence-corrected chi connectivity index (χ4v) is 3.65. The van der Waals surface area contributed by atoms with Gasteiger partial charge in [0.1, 0.15) is 12.2 Å². The minimum atomic E-state index is 0.870. The quantitative estimate of drug-likeness (QED) is 0.469. The van der Waals surface area contributed by atoms with Crippen LogP contribution < -0.4 is 0 Å². The molecule has 0 amide bonds. The Hall–Kier alpha value is -2.66. The molecule has 0 spiro atoms. The van der Waals surface area contributed by atoms with Gasteiger partial charge in [-0.2, -0.15) is 5.10 Å². The third-order valence-corrected chi connectivity index (χ3v) is 5.23. The van der Waals surface area contributed by atoms with Crippen molar-refractivity contribution in [2.75, 3.05) is 0 Å². The summed E-state index contributed by atoms with van der Waals surface area (Å²) in [6.07, 6.45) is 6.78. The van der Waals surface area contributed by atoms with Gasteiger partial charge in [-0.25, -0.2) is 14.5 Å². The lowest BCUT2D eigenvalue weighted by Gasteiger charge is -2.04. The highest BCUT2D eigenvalue weighted by molar-refractivity contribution is 7.99. The number of nitrogens with zero attached hydrogens (tertiary/aromatic N) is 4. The van der Waals surface area contributed by atoms with Crippen LogP contribution in [0.5, 0.6) is 0 Å². The number of fused-ring (bicyclic) bond motifs is 1. The molecule has 0 aliphatic heterocycles. The SMILES string of the molecule is CCCCc1ncn2ncc(-c3ccc(Sc4ccccc4)cc3)c2n1. The average Bonchev–Trinajstić information content (AvgIpc) is 3.11. The number of benzene rings is 2. The molecule has 0 aliphatic rings. The normalized spacial score (nSPS) is 11.1. The minimum Gasteiger partial charge on any atom is -0.221 e. The van der Waals surface area contributed by atoms with Gasteiger partial charge in [-0.3, -0.25) is 0 Å². The van der Waals surface area contributed by atoms with Gasteiger partial charge in [0.2, 0.25) is 0 Å². The van der Waals surface area contributed by atoms with Crippen molar-refractivity contribution >= 4 is 17.4 Å². The fraction of sp³-hybridized carbons (Fsp3) is 0.190. The monoisotopic (exact) mass is 360 g/mol. The molecule has 0 radical (unpaired) electrons. The molecule has 0 saturated carbocycles. The highest BCUT2D eigenvalue weighted by Gasteiger charge is 2.10. The molecule has 0 atom stereocenters.